The van der Waals surface area contributed by atoms with Crippen molar-refractivity contribution in [3.63, 3.8) is 0 Å². The van der Waals surface area contributed by atoms with Gasteiger partial charge in [-0.3, -0.25) is 0 Å². The smallest absolute Gasteiger partial charge is 0.175 e. The van der Waals surface area contributed by atoms with E-state index in [1.165, 1.54) is 12.1 Å². The Morgan fingerprint density at radius 2 is 2.00 bits per heavy atom. The van der Waals surface area contributed by atoms with Crippen LogP contribution in [0.15, 0.2) is 22.7 Å². The SMILES string of the molecule is CC(C)(C)c1onc(N)c1-c1ccc(F)cc1Cl. The normalized spacial score (nSPS) is 11.8. The molecule has 1 aromatic heterocycles. The number of rotatable bonds is 1. The summed E-state index contributed by atoms with van der Waals surface area (Å²) in [4.78, 5) is 0. The van der Waals surface area contributed by atoms with Gasteiger partial charge in [-0.05, 0) is 18.2 Å². The average molecular weight is 269 g/mol. The molecule has 96 valence electrons. The van der Waals surface area contributed by atoms with Gasteiger partial charge in [-0.2, -0.15) is 0 Å². The molecule has 0 aliphatic rings. The van der Waals surface area contributed by atoms with Crippen LogP contribution in [0.25, 0.3) is 11.1 Å². The van der Waals surface area contributed by atoms with Gasteiger partial charge < -0.3 is 10.3 Å². The van der Waals surface area contributed by atoms with Crippen molar-refractivity contribution in [2.24, 2.45) is 0 Å². The number of hydrogen-bond acceptors (Lipinski definition) is 3. The Morgan fingerprint density at radius 1 is 1.33 bits per heavy atom. The van der Waals surface area contributed by atoms with Crippen LogP contribution in [0.1, 0.15) is 26.5 Å². The van der Waals surface area contributed by atoms with E-state index in [0.29, 0.717) is 16.9 Å². The molecule has 0 spiro atoms. The molecule has 18 heavy (non-hydrogen) atoms. The fraction of sp³-hybridized carbons (Fsp3) is 0.308. The van der Waals surface area contributed by atoms with E-state index in [2.05, 4.69) is 5.16 Å². The maximum atomic E-state index is 13.1. The van der Waals surface area contributed by atoms with Gasteiger partial charge in [-0.1, -0.05) is 37.5 Å². The lowest BCUT2D eigenvalue weighted by molar-refractivity contribution is 0.332. The Hall–Kier alpha value is -1.55. The largest absolute Gasteiger partial charge is 0.380 e. The summed E-state index contributed by atoms with van der Waals surface area (Å²) in [5.74, 6) is 0.498. The maximum absolute atomic E-state index is 13.1. The van der Waals surface area contributed by atoms with Crippen LogP contribution in [0.3, 0.4) is 0 Å². The number of nitrogens with zero attached hydrogens (tertiary/aromatic N) is 1. The molecule has 3 nitrogen and oxygen atoms in total. The lowest BCUT2D eigenvalue weighted by Gasteiger charge is -2.16. The van der Waals surface area contributed by atoms with Crippen molar-refractivity contribution in [2.45, 2.75) is 26.2 Å². The van der Waals surface area contributed by atoms with Gasteiger partial charge in [0.2, 0.25) is 0 Å². The predicted molar refractivity (Wildman–Crippen MR) is 70.0 cm³/mol. The van der Waals surface area contributed by atoms with E-state index < -0.39 is 5.82 Å². The number of anilines is 1. The van der Waals surface area contributed by atoms with Crippen LogP contribution in [-0.4, -0.2) is 5.16 Å². The summed E-state index contributed by atoms with van der Waals surface area (Å²) in [7, 11) is 0. The van der Waals surface area contributed by atoms with E-state index in [0.717, 1.165) is 0 Å². The molecule has 2 rings (SSSR count). The van der Waals surface area contributed by atoms with Crippen molar-refractivity contribution in [2.75, 3.05) is 5.73 Å². The second-order valence-corrected chi connectivity index (χ2v) is 5.55. The number of aromatic nitrogens is 1. The zero-order valence-corrected chi connectivity index (χ0v) is 11.2. The molecule has 0 bridgehead atoms. The summed E-state index contributed by atoms with van der Waals surface area (Å²) in [6.07, 6.45) is 0. The van der Waals surface area contributed by atoms with Gasteiger partial charge in [0, 0.05) is 11.0 Å². The highest BCUT2D eigenvalue weighted by Gasteiger charge is 2.27. The summed E-state index contributed by atoms with van der Waals surface area (Å²) >= 11 is 6.05. The van der Waals surface area contributed by atoms with Crippen LogP contribution in [0, 0.1) is 5.82 Å². The van der Waals surface area contributed by atoms with E-state index >= 15 is 0 Å². The second-order valence-electron chi connectivity index (χ2n) is 5.15. The Bertz CT molecular complexity index is 587. The van der Waals surface area contributed by atoms with Crippen molar-refractivity contribution in [3.8, 4) is 11.1 Å². The van der Waals surface area contributed by atoms with Gasteiger partial charge in [-0.15, -0.1) is 0 Å². The van der Waals surface area contributed by atoms with Crippen molar-refractivity contribution in [1.29, 1.82) is 0 Å². The molecule has 0 saturated carbocycles. The minimum absolute atomic E-state index is 0.258. The summed E-state index contributed by atoms with van der Waals surface area (Å²) in [5.41, 5.74) is 6.81. The first-order valence-electron chi connectivity index (χ1n) is 5.51. The quantitative estimate of drug-likeness (QED) is 0.850. The van der Waals surface area contributed by atoms with Crippen molar-refractivity contribution < 1.29 is 8.91 Å². The number of nitrogens with two attached hydrogens (primary N) is 1. The van der Waals surface area contributed by atoms with E-state index in [1.807, 2.05) is 20.8 Å². The fourth-order valence-corrected chi connectivity index (χ4v) is 2.03. The second kappa shape index (κ2) is 4.28. The van der Waals surface area contributed by atoms with E-state index in [4.69, 9.17) is 21.9 Å². The highest BCUT2D eigenvalue weighted by Crippen LogP contribution is 2.40. The van der Waals surface area contributed by atoms with Crippen LogP contribution in [0.5, 0.6) is 0 Å². The molecule has 0 aliphatic heterocycles. The fourth-order valence-electron chi connectivity index (χ4n) is 1.77. The van der Waals surface area contributed by atoms with Gasteiger partial charge in [0.05, 0.1) is 10.6 Å². The van der Waals surface area contributed by atoms with Gasteiger partial charge in [-0.25, -0.2) is 4.39 Å². The van der Waals surface area contributed by atoms with Crippen molar-refractivity contribution in [3.05, 3.63) is 34.8 Å². The minimum atomic E-state index is -0.393. The lowest BCUT2D eigenvalue weighted by atomic mass is 9.88. The predicted octanol–water partition coefficient (Wildman–Crippen LogP) is 4.01. The van der Waals surface area contributed by atoms with Crippen LogP contribution in [0.2, 0.25) is 5.02 Å². The van der Waals surface area contributed by atoms with E-state index in [-0.39, 0.29) is 16.3 Å². The molecule has 2 N–H and O–H groups in total. The molecule has 0 radical (unpaired) electrons. The summed E-state index contributed by atoms with van der Waals surface area (Å²) in [6, 6.07) is 4.16. The molecule has 0 unspecified atom stereocenters. The number of nitrogen functional groups attached to an aromatic ring is 1. The standard InChI is InChI=1S/C13H14ClFN2O/c1-13(2,3)11-10(12(16)17-18-11)8-5-4-7(15)6-9(8)14/h4-6H,1-3H3,(H2,16,17). The van der Waals surface area contributed by atoms with Crippen LogP contribution in [0.4, 0.5) is 10.2 Å². The van der Waals surface area contributed by atoms with E-state index in [9.17, 15) is 4.39 Å². The van der Waals surface area contributed by atoms with Gasteiger partial charge in [0.15, 0.2) is 11.6 Å². The third-order valence-corrected chi connectivity index (χ3v) is 2.91. The summed E-state index contributed by atoms with van der Waals surface area (Å²) in [6.45, 7) is 5.94. The van der Waals surface area contributed by atoms with Crippen molar-refractivity contribution >= 4 is 17.4 Å². The molecule has 0 fully saturated rings. The molecule has 1 aromatic carbocycles. The third-order valence-electron chi connectivity index (χ3n) is 2.60. The maximum Gasteiger partial charge on any atom is 0.175 e. The average Bonchev–Trinajstić information content (AvgIpc) is 2.60. The molecule has 1 heterocycles. The molecular formula is C13H14ClFN2O. The highest BCUT2D eigenvalue weighted by molar-refractivity contribution is 6.33. The van der Waals surface area contributed by atoms with Gasteiger partial charge in [0.1, 0.15) is 5.82 Å². The Morgan fingerprint density at radius 3 is 2.56 bits per heavy atom. The first kappa shape index (κ1) is 12.9. The molecular weight excluding hydrogens is 255 g/mol. The Labute approximate surface area is 110 Å². The molecule has 0 atom stereocenters. The number of benzene rings is 1. The molecule has 0 amide bonds. The topological polar surface area (TPSA) is 52.0 Å². The Kier molecular flexibility index (Phi) is 3.07. The molecule has 5 heteroatoms. The zero-order valence-electron chi connectivity index (χ0n) is 10.4. The zero-order chi connectivity index (χ0) is 13.5. The summed E-state index contributed by atoms with van der Waals surface area (Å²) < 4.78 is 18.3. The Balaban J connectivity index is 2.67. The van der Waals surface area contributed by atoms with Crippen LogP contribution < -0.4 is 5.73 Å². The highest BCUT2D eigenvalue weighted by atomic mass is 35.5. The van der Waals surface area contributed by atoms with Crippen molar-refractivity contribution in [1.82, 2.24) is 5.16 Å². The van der Waals surface area contributed by atoms with Crippen LogP contribution >= 0.6 is 11.6 Å². The lowest BCUT2D eigenvalue weighted by Crippen LogP contribution is -2.11. The third kappa shape index (κ3) is 2.20. The van der Waals surface area contributed by atoms with Gasteiger partial charge >= 0.3 is 0 Å². The first-order chi connectivity index (χ1) is 8.30. The number of halogens is 2. The van der Waals surface area contributed by atoms with E-state index in [1.54, 1.807) is 6.07 Å². The molecule has 0 saturated heterocycles. The summed E-state index contributed by atoms with van der Waals surface area (Å²) in [5, 5.41) is 4.06. The first-order valence-corrected chi connectivity index (χ1v) is 5.89. The molecule has 0 aliphatic carbocycles. The monoisotopic (exact) mass is 268 g/mol. The van der Waals surface area contributed by atoms with Gasteiger partial charge in [0.25, 0.3) is 0 Å². The van der Waals surface area contributed by atoms with Crippen LogP contribution in [-0.2, 0) is 5.41 Å². The minimum Gasteiger partial charge on any atom is -0.380 e. The number of hydrogen-bond donors (Lipinski definition) is 1. The molecule has 2 aromatic rings.